The number of fused-ring (bicyclic) bond motifs is 1. The number of aliphatic carboxylic acids is 1. The first-order valence-corrected chi connectivity index (χ1v) is 8.33. The Morgan fingerprint density at radius 2 is 1.96 bits per heavy atom. The number of aryl methyl sites for hydroxylation is 1. The van der Waals surface area contributed by atoms with Crippen LogP contribution in [0, 0.1) is 18.8 Å². The lowest BCUT2D eigenvalue weighted by molar-refractivity contribution is -0.143. The van der Waals surface area contributed by atoms with Crippen molar-refractivity contribution in [3.63, 3.8) is 0 Å². The fourth-order valence-corrected chi connectivity index (χ4v) is 3.73. The lowest BCUT2D eigenvalue weighted by Gasteiger charge is -2.32. The highest BCUT2D eigenvalue weighted by atomic mass is 16.4. The summed E-state index contributed by atoms with van der Waals surface area (Å²) >= 11 is 0. The minimum Gasteiger partial charge on any atom is -0.481 e. The Hall–Kier alpha value is -2.04. The Morgan fingerprint density at radius 3 is 2.61 bits per heavy atom. The molecule has 0 spiro atoms. The number of urea groups is 1. The topological polar surface area (TPSA) is 69.6 Å². The summed E-state index contributed by atoms with van der Waals surface area (Å²) in [6.45, 7) is 5.27. The molecule has 1 aliphatic carbocycles. The lowest BCUT2D eigenvalue weighted by atomic mass is 9.97. The van der Waals surface area contributed by atoms with Gasteiger partial charge in [0.25, 0.3) is 0 Å². The molecule has 124 valence electrons. The molecule has 23 heavy (non-hydrogen) atoms. The van der Waals surface area contributed by atoms with E-state index in [1.165, 1.54) is 16.7 Å². The van der Waals surface area contributed by atoms with Crippen LogP contribution in [0.15, 0.2) is 18.2 Å². The van der Waals surface area contributed by atoms with Gasteiger partial charge in [0.2, 0.25) is 0 Å². The van der Waals surface area contributed by atoms with Gasteiger partial charge in [-0.2, -0.15) is 0 Å². The molecular formula is C18H24N2O3. The number of likely N-dealkylation sites (tertiary alicyclic amines) is 1. The zero-order chi connectivity index (χ0) is 16.6. The summed E-state index contributed by atoms with van der Waals surface area (Å²) < 4.78 is 0. The normalized spacial score (nSPS) is 24.3. The Balaban J connectivity index is 1.65. The smallest absolute Gasteiger partial charge is 0.317 e. The molecule has 2 amide bonds. The van der Waals surface area contributed by atoms with Crippen molar-refractivity contribution in [2.75, 3.05) is 13.1 Å². The molecule has 3 rings (SSSR count). The van der Waals surface area contributed by atoms with E-state index in [2.05, 4.69) is 37.4 Å². The molecule has 0 aromatic heterocycles. The van der Waals surface area contributed by atoms with Gasteiger partial charge in [-0.05, 0) is 43.2 Å². The largest absolute Gasteiger partial charge is 0.481 e. The number of carbonyl (C=O) groups is 2. The third-order valence-corrected chi connectivity index (χ3v) is 5.16. The molecule has 5 nitrogen and oxygen atoms in total. The number of carbonyl (C=O) groups excluding carboxylic acids is 1. The molecule has 5 heteroatoms. The Bertz CT molecular complexity index is 621. The molecule has 1 heterocycles. The summed E-state index contributed by atoms with van der Waals surface area (Å²) in [5.74, 6) is -0.681. The minimum absolute atomic E-state index is 0.0506. The molecule has 0 bridgehead atoms. The van der Waals surface area contributed by atoms with Crippen LogP contribution in [0.3, 0.4) is 0 Å². The van der Waals surface area contributed by atoms with Crippen LogP contribution >= 0.6 is 0 Å². The van der Waals surface area contributed by atoms with Crippen molar-refractivity contribution in [2.24, 2.45) is 11.8 Å². The van der Waals surface area contributed by atoms with Gasteiger partial charge < -0.3 is 15.3 Å². The van der Waals surface area contributed by atoms with Crippen LogP contribution in [-0.4, -0.2) is 35.1 Å². The van der Waals surface area contributed by atoms with Crippen LogP contribution in [-0.2, 0) is 11.2 Å². The molecule has 1 saturated heterocycles. The van der Waals surface area contributed by atoms with Gasteiger partial charge >= 0.3 is 12.0 Å². The number of hydrogen-bond donors (Lipinski definition) is 2. The van der Waals surface area contributed by atoms with E-state index < -0.39 is 5.97 Å². The fraction of sp³-hybridized carbons (Fsp3) is 0.556. The van der Waals surface area contributed by atoms with Gasteiger partial charge in [0.15, 0.2) is 0 Å². The summed E-state index contributed by atoms with van der Waals surface area (Å²) in [7, 11) is 0. The third-order valence-electron chi connectivity index (χ3n) is 5.16. The van der Waals surface area contributed by atoms with Crippen molar-refractivity contribution < 1.29 is 14.7 Å². The van der Waals surface area contributed by atoms with Gasteiger partial charge in [0.05, 0.1) is 12.0 Å². The summed E-state index contributed by atoms with van der Waals surface area (Å²) in [6, 6.07) is 6.42. The second kappa shape index (κ2) is 6.22. The first-order chi connectivity index (χ1) is 11.0. The maximum atomic E-state index is 12.5. The highest BCUT2D eigenvalue weighted by Crippen LogP contribution is 2.36. The number of nitrogens with zero attached hydrogens (tertiary/aromatic N) is 1. The molecule has 1 fully saturated rings. The Labute approximate surface area is 136 Å². The molecule has 2 atom stereocenters. The number of amides is 2. The van der Waals surface area contributed by atoms with E-state index in [0.717, 1.165) is 6.42 Å². The van der Waals surface area contributed by atoms with E-state index in [0.29, 0.717) is 31.8 Å². The van der Waals surface area contributed by atoms with Crippen molar-refractivity contribution in [2.45, 2.75) is 39.2 Å². The standard InChI is InChI=1S/C18H24N2O3/c1-11-3-4-14-10-12(2)16(15(14)9-11)19-18(23)20-7-5-13(6-8-20)17(21)22/h3-4,9,12-13,16H,5-8,10H2,1-2H3,(H,19,23)(H,21,22). The summed E-state index contributed by atoms with van der Waals surface area (Å²) in [4.78, 5) is 25.3. The number of rotatable bonds is 2. The second-order valence-corrected chi connectivity index (χ2v) is 6.91. The fourth-order valence-electron chi connectivity index (χ4n) is 3.73. The van der Waals surface area contributed by atoms with Crippen molar-refractivity contribution in [3.05, 3.63) is 34.9 Å². The summed E-state index contributed by atoms with van der Waals surface area (Å²) in [5, 5.41) is 12.2. The average Bonchev–Trinajstić information content (AvgIpc) is 2.83. The van der Waals surface area contributed by atoms with E-state index in [4.69, 9.17) is 5.11 Å². The molecule has 0 radical (unpaired) electrons. The molecule has 1 aromatic rings. The zero-order valence-corrected chi connectivity index (χ0v) is 13.7. The number of carboxylic acid groups (broad SMARTS) is 1. The van der Waals surface area contributed by atoms with Crippen molar-refractivity contribution >= 4 is 12.0 Å². The van der Waals surface area contributed by atoms with Gasteiger partial charge in [-0.15, -0.1) is 0 Å². The van der Waals surface area contributed by atoms with E-state index in [9.17, 15) is 9.59 Å². The maximum Gasteiger partial charge on any atom is 0.317 e. The van der Waals surface area contributed by atoms with Gasteiger partial charge in [0, 0.05) is 13.1 Å². The predicted molar refractivity (Wildman–Crippen MR) is 87.3 cm³/mol. The van der Waals surface area contributed by atoms with Crippen LogP contribution in [0.25, 0.3) is 0 Å². The first-order valence-electron chi connectivity index (χ1n) is 8.33. The molecule has 2 N–H and O–H groups in total. The molecule has 1 aliphatic heterocycles. The Kier molecular flexibility index (Phi) is 4.28. The van der Waals surface area contributed by atoms with Gasteiger partial charge in [-0.25, -0.2) is 4.79 Å². The maximum absolute atomic E-state index is 12.5. The van der Waals surface area contributed by atoms with E-state index in [1.54, 1.807) is 4.90 Å². The van der Waals surface area contributed by atoms with Crippen LogP contribution in [0.1, 0.15) is 42.5 Å². The van der Waals surface area contributed by atoms with Crippen molar-refractivity contribution in [1.82, 2.24) is 10.2 Å². The highest BCUT2D eigenvalue weighted by molar-refractivity contribution is 5.76. The summed E-state index contributed by atoms with van der Waals surface area (Å²) in [6.07, 6.45) is 2.07. The minimum atomic E-state index is -0.751. The van der Waals surface area contributed by atoms with Crippen molar-refractivity contribution in [3.8, 4) is 0 Å². The van der Waals surface area contributed by atoms with E-state index in [1.807, 2.05) is 0 Å². The predicted octanol–water partition coefficient (Wildman–Crippen LogP) is 2.73. The van der Waals surface area contributed by atoms with Gasteiger partial charge in [-0.1, -0.05) is 30.7 Å². The van der Waals surface area contributed by atoms with E-state index >= 15 is 0 Å². The molecular weight excluding hydrogens is 292 g/mol. The summed E-state index contributed by atoms with van der Waals surface area (Å²) in [5.41, 5.74) is 3.75. The first kappa shape index (κ1) is 15.8. The molecule has 0 saturated carbocycles. The quantitative estimate of drug-likeness (QED) is 0.881. The van der Waals surface area contributed by atoms with Crippen LogP contribution in [0.2, 0.25) is 0 Å². The highest BCUT2D eigenvalue weighted by Gasteiger charge is 2.33. The van der Waals surface area contributed by atoms with Crippen LogP contribution < -0.4 is 5.32 Å². The molecule has 2 aliphatic rings. The van der Waals surface area contributed by atoms with Gasteiger partial charge in [-0.3, -0.25) is 4.79 Å². The number of benzene rings is 1. The zero-order valence-electron chi connectivity index (χ0n) is 13.7. The van der Waals surface area contributed by atoms with Crippen LogP contribution in [0.4, 0.5) is 4.79 Å². The Morgan fingerprint density at radius 1 is 1.26 bits per heavy atom. The number of carboxylic acids is 1. The van der Waals surface area contributed by atoms with Crippen molar-refractivity contribution in [1.29, 1.82) is 0 Å². The lowest BCUT2D eigenvalue weighted by Crippen LogP contribution is -2.46. The molecule has 1 aromatic carbocycles. The van der Waals surface area contributed by atoms with Gasteiger partial charge in [0.1, 0.15) is 0 Å². The monoisotopic (exact) mass is 316 g/mol. The third kappa shape index (κ3) is 3.19. The number of piperidine rings is 1. The number of nitrogens with one attached hydrogen (secondary N) is 1. The molecule has 2 unspecified atom stereocenters. The SMILES string of the molecule is Cc1ccc2c(c1)C(NC(=O)N1CCC(C(=O)O)CC1)C(C)C2. The second-order valence-electron chi connectivity index (χ2n) is 6.91. The van der Waals surface area contributed by atoms with E-state index in [-0.39, 0.29) is 18.0 Å². The number of hydrogen-bond acceptors (Lipinski definition) is 2. The van der Waals surface area contributed by atoms with Crippen LogP contribution in [0.5, 0.6) is 0 Å². The average molecular weight is 316 g/mol.